The summed E-state index contributed by atoms with van der Waals surface area (Å²) in [7, 11) is -3.52. The third kappa shape index (κ3) is 7.11. The Morgan fingerprint density at radius 1 is 1.25 bits per heavy atom. The average molecular weight is 326 g/mol. The van der Waals surface area contributed by atoms with Gasteiger partial charge in [-0.1, -0.05) is 6.92 Å². The molecule has 0 aliphatic heterocycles. The van der Waals surface area contributed by atoms with Crippen molar-refractivity contribution in [2.45, 2.75) is 38.8 Å². The fourth-order valence-corrected chi connectivity index (χ4v) is 2.69. The third-order valence-electron chi connectivity index (χ3n) is 2.65. The fourth-order valence-electron chi connectivity index (χ4n) is 1.39. The van der Waals surface area contributed by atoms with Gasteiger partial charge in [0.1, 0.15) is 12.1 Å². The zero-order valence-electron chi connectivity index (χ0n) is 11.9. The predicted octanol–water partition coefficient (Wildman–Crippen LogP) is 0.0268. The summed E-state index contributed by atoms with van der Waals surface area (Å²) in [5.74, 6) is -1.28. The number of aliphatic carboxylic acids is 1. The lowest BCUT2D eigenvalue weighted by atomic mass is 10.2. The fraction of sp³-hybridized carbons (Fsp3) is 0.818. The Kier molecular flexibility index (Phi) is 8.83. The van der Waals surface area contributed by atoms with Gasteiger partial charge in [0, 0.05) is 0 Å². The number of carbonyl (C=O) groups excluding carboxylic acids is 1. The van der Waals surface area contributed by atoms with Gasteiger partial charge in [-0.15, -0.1) is 0 Å². The number of sulfonamides is 1. The summed E-state index contributed by atoms with van der Waals surface area (Å²) in [5.41, 5.74) is 0. The second-order valence-corrected chi connectivity index (χ2v) is 7.19. The molecule has 0 aliphatic carbocycles. The first-order valence-corrected chi connectivity index (χ1v) is 9.34. The molecule has 0 aliphatic rings. The quantitative estimate of drug-likeness (QED) is 0.522. The van der Waals surface area contributed by atoms with Gasteiger partial charge in [0.25, 0.3) is 0 Å². The smallest absolute Gasteiger partial charge is 0.326 e. The molecule has 20 heavy (non-hydrogen) atoms. The molecule has 9 heteroatoms. The lowest BCUT2D eigenvalue weighted by molar-refractivity contribution is -0.142. The molecule has 0 saturated carbocycles. The first-order chi connectivity index (χ1) is 9.27. The van der Waals surface area contributed by atoms with Gasteiger partial charge in [0.05, 0.1) is 5.75 Å². The van der Waals surface area contributed by atoms with Crippen LogP contribution >= 0.6 is 11.8 Å². The van der Waals surface area contributed by atoms with Crippen LogP contribution in [0.1, 0.15) is 26.7 Å². The predicted molar refractivity (Wildman–Crippen MR) is 79.2 cm³/mol. The summed E-state index contributed by atoms with van der Waals surface area (Å²) in [5, 5.41) is 11.2. The molecule has 0 bridgehead atoms. The number of thioether (sulfide) groups is 1. The van der Waals surface area contributed by atoms with E-state index in [0.717, 1.165) is 0 Å². The van der Waals surface area contributed by atoms with Crippen molar-refractivity contribution in [1.82, 2.24) is 10.0 Å². The number of carbonyl (C=O) groups is 2. The van der Waals surface area contributed by atoms with Crippen LogP contribution in [-0.2, 0) is 19.6 Å². The topological polar surface area (TPSA) is 113 Å². The maximum atomic E-state index is 12.0. The first-order valence-electron chi connectivity index (χ1n) is 6.29. The highest BCUT2D eigenvalue weighted by Gasteiger charge is 2.26. The summed E-state index contributed by atoms with van der Waals surface area (Å²) in [4.78, 5) is 22.9. The molecule has 0 rings (SSSR count). The maximum absolute atomic E-state index is 12.0. The van der Waals surface area contributed by atoms with Crippen LogP contribution in [0.25, 0.3) is 0 Å². The van der Waals surface area contributed by atoms with Crippen LogP contribution in [0.2, 0.25) is 0 Å². The van der Waals surface area contributed by atoms with Crippen LogP contribution in [0, 0.1) is 0 Å². The van der Waals surface area contributed by atoms with Crippen molar-refractivity contribution in [3.8, 4) is 0 Å². The Morgan fingerprint density at radius 3 is 2.25 bits per heavy atom. The van der Waals surface area contributed by atoms with E-state index in [1.165, 1.54) is 18.7 Å². The van der Waals surface area contributed by atoms with Gasteiger partial charge in [-0.3, -0.25) is 4.79 Å². The summed E-state index contributed by atoms with van der Waals surface area (Å²) < 4.78 is 25.4. The molecule has 0 heterocycles. The summed E-state index contributed by atoms with van der Waals surface area (Å²) >= 11 is 1.48. The van der Waals surface area contributed by atoms with E-state index in [1.54, 1.807) is 6.92 Å². The molecule has 118 valence electrons. The zero-order chi connectivity index (χ0) is 15.8. The Balaban J connectivity index is 4.84. The molecule has 0 saturated heterocycles. The number of hydrogen-bond donors (Lipinski definition) is 3. The van der Waals surface area contributed by atoms with Gasteiger partial charge in [-0.05, 0) is 31.8 Å². The third-order valence-corrected chi connectivity index (χ3v) is 4.70. The Hall–Kier alpha value is -0.800. The van der Waals surface area contributed by atoms with Crippen LogP contribution in [0.5, 0.6) is 0 Å². The highest BCUT2D eigenvalue weighted by Crippen LogP contribution is 2.04. The van der Waals surface area contributed by atoms with E-state index in [-0.39, 0.29) is 12.2 Å². The highest BCUT2D eigenvalue weighted by atomic mass is 32.2. The van der Waals surface area contributed by atoms with E-state index in [1.807, 2.05) is 6.26 Å². The molecule has 3 N–H and O–H groups in total. The SMILES string of the molecule is CC[C@H](NC(=O)C(CCSC)NS(=O)(=O)CC)C(=O)O. The van der Waals surface area contributed by atoms with Gasteiger partial charge in [0.2, 0.25) is 15.9 Å². The van der Waals surface area contributed by atoms with E-state index in [9.17, 15) is 18.0 Å². The van der Waals surface area contributed by atoms with Crippen molar-refractivity contribution in [3.05, 3.63) is 0 Å². The summed E-state index contributed by atoms with van der Waals surface area (Å²) in [6.07, 6.45) is 2.38. The molecule has 0 aromatic rings. The maximum Gasteiger partial charge on any atom is 0.326 e. The summed E-state index contributed by atoms with van der Waals surface area (Å²) in [6.45, 7) is 3.10. The van der Waals surface area contributed by atoms with Crippen molar-refractivity contribution in [2.24, 2.45) is 0 Å². The number of nitrogens with one attached hydrogen (secondary N) is 2. The van der Waals surface area contributed by atoms with E-state index in [4.69, 9.17) is 5.11 Å². The highest BCUT2D eigenvalue weighted by molar-refractivity contribution is 7.98. The second-order valence-electron chi connectivity index (χ2n) is 4.16. The zero-order valence-corrected chi connectivity index (χ0v) is 13.5. The van der Waals surface area contributed by atoms with Gasteiger partial charge >= 0.3 is 5.97 Å². The van der Waals surface area contributed by atoms with Crippen LogP contribution in [0.15, 0.2) is 0 Å². The lowest BCUT2D eigenvalue weighted by Crippen LogP contribution is -2.51. The van der Waals surface area contributed by atoms with Crippen LogP contribution < -0.4 is 10.0 Å². The number of rotatable bonds is 10. The molecule has 0 aromatic heterocycles. The lowest BCUT2D eigenvalue weighted by Gasteiger charge is -2.20. The van der Waals surface area contributed by atoms with Gasteiger partial charge < -0.3 is 10.4 Å². The minimum absolute atomic E-state index is 0.133. The van der Waals surface area contributed by atoms with Gasteiger partial charge in [-0.25, -0.2) is 17.9 Å². The minimum atomic E-state index is -3.52. The first kappa shape index (κ1) is 19.2. The number of amides is 1. The van der Waals surface area contributed by atoms with Crippen molar-refractivity contribution >= 4 is 33.7 Å². The van der Waals surface area contributed by atoms with Crippen molar-refractivity contribution in [3.63, 3.8) is 0 Å². The molecular formula is C11H22N2O5S2. The van der Waals surface area contributed by atoms with Crippen molar-refractivity contribution in [1.29, 1.82) is 0 Å². The Bertz CT molecular complexity index is 425. The number of carboxylic acids is 1. The molecule has 7 nitrogen and oxygen atoms in total. The van der Waals surface area contributed by atoms with E-state index >= 15 is 0 Å². The standard InChI is InChI=1S/C11H22N2O5S2/c1-4-8(11(15)16)12-10(14)9(6-7-19-3)13-20(17,18)5-2/h8-9,13H,4-7H2,1-3H3,(H,12,14)(H,15,16)/t8-,9?/m0/s1. The van der Waals surface area contributed by atoms with Gasteiger partial charge in [0.15, 0.2) is 0 Å². The normalized spacial score (nSPS) is 14.6. The molecule has 0 fully saturated rings. The largest absolute Gasteiger partial charge is 0.480 e. The van der Waals surface area contributed by atoms with Crippen molar-refractivity contribution in [2.75, 3.05) is 17.8 Å². The molecule has 0 radical (unpaired) electrons. The van der Waals surface area contributed by atoms with Gasteiger partial charge in [-0.2, -0.15) is 11.8 Å². The van der Waals surface area contributed by atoms with Crippen LogP contribution in [0.3, 0.4) is 0 Å². The second kappa shape index (κ2) is 9.19. The van der Waals surface area contributed by atoms with Crippen molar-refractivity contribution < 1.29 is 23.1 Å². The Morgan fingerprint density at radius 2 is 1.85 bits per heavy atom. The molecule has 0 spiro atoms. The van der Waals surface area contributed by atoms with E-state index in [0.29, 0.717) is 12.2 Å². The number of carboxylic acid groups (broad SMARTS) is 1. The van der Waals surface area contributed by atoms with Crippen LogP contribution in [0.4, 0.5) is 0 Å². The monoisotopic (exact) mass is 326 g/mol. The average Bonchev–Trinajstić information content (AvgIpc) is 2.39. The molecule has 0 aromatic carbocycles. The number of hydrogen-bond acceptors (Lipinski definition) is 5. The minimum Gasteiger partial charge on any atom is -0.480 e. The molecule has 1 unspecified atom stereocenters. The van der Waals surface area contributed by atoms with Crippen LogP contribution in [-0.4, -0.2) is 55.2 Å². The van der Waals surface area contributed by atoms with E-state index in [2.05, 4.69) is 10.0 Å². The van der Waals surface area contributed by atoms with E-state index < -0.39 is 34.0 Å². The molecular weight excluding hydrogens is 304 g/mol. The molecule has 2 atom stereocenters. The summed E-state index contributed by atoms with van der Waals surface area (Å²) in [6, 6.07) is -1.95. The molecule has 1 amide bonds. The Labute approximate surface area is 123 Å².